The second-order valence-corrected chi connectivity index (χ2v) is 16.7. The van der Waals surface area contributed by atoms with Crippen molar-refractivity contribution in [3.8, 4) is 0 Å². The lowest BCUT2D eigenvalue weighted by molar-refractivity contribution is -0.124. The lowest BCUT2D eigenvalue weighted by atomic mass is 9.89. The molecule has 0 radical (unpaired) electrons. The maximum atomic E-state index is 13.3. The number of rotatable bonds is 6. The Bertz CT molecular complexity index is 1750. The molecular formula is C30H35F5N4O5S2. The molecule has 16 heteroatoms. The SMILES string of the molecule is Cc1cc(C(=O)N2CCC(C)(O)CC2)cc(C)c1/C=C/S(=O)(=O)N1CCC2(CC1)N=C(c1cccc(S(F)(F)(F)(F)F)c1)NC2=O. The van der Waals surface area contributed by atoms with Crippen LogP contribution < -0.4 is 5.32 Å². The van der Waals surface area contributed by atoms with Gasteiger partial charge in [-0.3, -0.25) is 14.6 Å². The van der Waals surface area contributed by atoms with Crippen LogP contribution in [-0.4, -0.2) is 77.7 Å². The number of sulfonamides is 1. The highest BCUT2D eigenvalue weighted by Crippen LogP contribution is 3.02. The summed E-state index contributed by atoms with van der Waals surface area (Å²) in [6, 6.07) is 5.82. The molecule has 2 saturated heterocycles. The zero-order valence-electron chi connectivity index (χ0n) is 25.4. The highest BCUT2D eigenvalue weighted by atomic mass is 32.5. The summed E-state index contributed by atoms with van der Waals surface area (Å²) in [6.45, 7) is 5.91. The number of benzene rings is 2. The van der Waals surface area contributed by atoms with Crippen molar-refractivity contribution in [2.45, 2.75) is 62.5 Å². The average molecular weight is 691 g/mol. The number of aryl methyl sites for hydroxylation is 2. The first-order valence-corrected chi connectivity index (χ1v) is 18.0. The summed E-state index contributed by atoms with van der Waals surface area (Å²) in [5, 5.41) is 13.6. The van der Waals surface area contributed by atoms with Crippen LogP contribution >= 0.6 is 10.2 Å². The number of hydrogen-bond donors (Lipinski definition) is 2. The van der Waals surface area contributed by atoms with Crippen LogP contribution in [0.4, 0.5) is 19.4 Å². The molecule has 9 nitrogen and oxygen atoms in total. The van der Waals surface area contributed by atoms with Gasteiger partial charge in [0.2, 0.25) is 10.0 Å². The molecule has 3 heterocycles. The van der Waals surface area contributed by atoms with E-state index < -0.39 is 42.2 Å². The van der Waals surface area contributed by atoms with Gasteiger partial charge in [0.25, 0.3) is 11.8 Å². The van der Waals surface area contributed by atoms with E-state index in [2.05, 4.69) is 10.3 Å². The Morgan fingerprint density at radius 3 is 2.13 bits per heavy atom. The van der Waals surface area contributed by atoms with E-state index in [1.165, 1.54) is 6.08 Å². The molecule has 46 heavy (non-hydrogen) atoms. The highest BCUT2D eigenvalue weighted by molar-refractivity contribution is 8.45. The van der Waals surface area contributed by atoms with Crippen molar-refractivity contribution in [2.24, 2.45) is 4.99 Å². The van der Waals surface area contributed by atoms with E-state index in [-0.39, 0.29) is 55.4 Å². The molecule has 3 aliphatic rings. The number of nitrogens with one attached hydrogen (secondary N) is 1. The maximum absolute atomic E-state index is 13.3. The lowest BCUT2D eigenvalue weighted by Crippen LogP contribution is -2.50. The molecule has 5 rings (SSSR count). The molecule has 252 valence electrons. The Balaban J connectivity index is 1.28. The van der Waals surface area contributed by atoms with Crippen molar-refractivity contribution in [1.29, 1.82) is 0 Å². The molecule has 0 aliphatic carbocycles. The molecule has 0 atom stereocenters. The molecule has 2 aromatic rings. The number of halogens is 5. The lowest BCUT2D eigenvalue weighted by Gasteiger charge is -2.40. The minimum absolute atomic E-state index is 0.0720. The third-order valence-electron chi connectivity index (χ3n) is 8.82. The monoisotopic (exact) mass is 690 g/mol. The van der Waals surface area contributed by atoms with E-state index >= 15 is 0 Å². The summed E-state index contributed by atoms with van der Waals surface area (Å²) in [5.74, 6) is -1.10. The second kappa shape index (κ2) is 10.6. The van der Waals surface area contributed by atoms with Gasteiger partial charge < -0.3 is 15.3 Å². The number of likely N-dealkylation sites (tertiary alicyclic amines) is 1. The van der Waals surface area contributed by atoms with E-state index in [0.717, 1.165) is 21.8 Å². The van der Waals surface area contributed by atoms with Gasteiger partial charge in [0, 0.05) is 42.7 Å². The van der Waals surface area contributed by atoms with Gasteiger partial charge in [-0.25, -0.2) is 8.42 Å². The van der Waals surface area contributed by atoms with E-state index in [1.54, 1.807) is 37.8 Å². The average Bonchev–Trinajstić information content (AvgIpc) is 3.26. The van der Waals surface area contributed by atoms with Crippen LogP contribution in [-0.2, 0) is 14.8 Å². The number of amidine groups is 1. The van der Waals surface area contributed by atoms with E-state index in [1.807, 2.05) is 0 Å². The minimum Gasteiger partial charge on any atom is -0.390 e. The van der Waals surface area contributed by atoms with Gasteiger partial charge in [-0.05, 0) is 93.5 Å². The van der Waals surface area contributed by atoms with E-state index in [9.17, 15) is 42.5 Å². The fourth-order valence-corrected chi connectivity index (χ4v) is 7.82. The van der Waals surface area contributed by atoms with Gasteiger partial charge in [0.05, 0.1) is 5.60 Å². The minimum atomic E-state index is -9.96. The largest absolute Gasteiger partial charge is 0.390 e. The zero-order valence-corrected chi connectivity index (χ0v) is 27.0. The molecular weight excluding hydrogens is 655 g/mol. The number of aliphatic hydroxyl groups is 1. The zero-order chi connectivity index (χ0) is 34.0. The molecule has 0 saturated carbocycles. The van der Waals surface area contributed by atoms with Crippen LogP contribution in [0.25, 0.3) is 6.08 Å². The van der Waals surface area contributed by atoms with Crippen molar-refractivity contribution in [3.63, 3.8) is 0 Å². The third-order valence-corrected chi connectivity index (χ3v) is 11.5. The van der Waals surface area contributed by atoms with Crippen molar-refractivity contribution >= 4 is 44.0 Å². The molecule has 2 amide bonds. The number of carbonyl (C=O) groups excluding carboxylic acids is 2. The van der Waals surface area contributed by atoms with Gasteiger partial charge in [-0.15, -0.1) is 0 Å². The number of carbonyl (C=O) groups is 2. The Hall–Kier alpha value is -3.34. The molecule has 1 spiro atoms. The van der Waals surface area contributed by atoms with Crippen LogP contribution in [0.2, 0.25) is 0 Å². The Morgan fingerprint density at radius 2 is 1.57 bits per heavy atom. The summed E-state index contributed by atoms with van der Waals surface area (Å²) < 4.78 is 94.3. The Labute approximate surface area is 263 Å². The molecule has 2 aromatic carbocycles. The van der Waals surface area contributed by atoms with Gasteiger partial charge in [0.15, 0.2) is 0 Å². The normalized spacial score (nSPS) is 22.0. The second-order valence-electron chi connectivity index (χ2n) is 12.5. The Morgan fingerprint density at radius 1 is 0.978 bits per heavy atom. The first-order chi connectivity index (χ1) is 21.0. The van der Waals surface area contributed by atoms with Crippen LogP contribution in [0, 0.1) is 13.8 Å². The summed E-state index contributed by atoms with van der Waals surface area (Å²) in [7, 11) is -13.9. The van der Waals surface area contributed by atoms with E-state index in [0.29, 0.717) is 48.2 Å². The Kier molecular flexibility index (Phi) is 7.83. The predicted octanol–water partition coefficient (Wildman–Crippen LogP) is 5.66. The quantitative estimate of drug-likeness (QED) is 0.380. The topological polar surface area (TPSA) is 119 Å². The van der Waals surface area contributed by atoms with Crippen LogP contribution in [0.3, 0.4) is 0 Å². The van der Waals surface area contributed by atoms with Crippen molar-refractivity contribution in [3.05, 3.63) is 69.6 Å². The number of nitrogens with zero attached hydrogens (tertiary/aromatic N) is 3. The predicted molar refractivity (Wildman–Crippen MR) is 166 cm³/mol. The summed E-state index contributed by atoms with van der Waals surface area (Å²) in [4.78, 5) is 29.8. The standard InChI is InChI=1S/C30H35F5N4O5S2/c1-20-17-23(27(40)38-12-8-29(3,42)9-13-38)18-21(2)25(20)7-16-45(43,44)39-14-10-30(11-15-39)28(41)36-26(37-30)22-5-4-6-24(19-22)46(31,32,33,34)35/h4-7,16-19,42H,8-15H2,1-3H3,(H,36,37,41)/b16-7+. The van der Waals surface area contributed by atoms with E-state index in [4.69, 9.17) is 0 Å². The molecule has 0 bridgehead atoms. The van der Waals surface area contributed by atoms with Gasteiger partial charge in [-0.1, -0.05) is 31.6 Å². The molecule has 0 unspecified atom stereocenters. The van der Waals surface area contributed by atoms with Crippen molar-refractivity contribution in [2.75, 3.05) is 26.2 Å². The first kappa shape index (κ1) is 34.0. The van der Waals surface area contributed by atoms with Crippen LogP contribution in [0.1, 0.15) is 65.2 Å². The number of aliphatic imine (C=N–C) groups is 1. The first-order valence-electron chi connectivity index (χ1n) is 14.6. The number of piperidine rings is 2. The fraction of sp³-hybridized carbons (Fsp3) is 0.433. The van der Waals surface area contributed by atoms with Gasteiger partial charge >= 0.3 is 10.2 Å². The number of amides is 2. The summed E-state index contributed by atoms with van der Waals surface area (Å²) >= 11 is 0. The molecule has 3 aliphatic heterocycles. The summed E-state index contributed by atoms with van der Waals surface area (Å²) in [6.07, 6.45) is 2.25. The maximum Gasteiger partial charge on any atom is 0.310 e. The highest BCUT2D eigenvalue weighted by Gasteiger charge is 2.65. The third kappa shape index (κ3) is 6.99. The van der Waals surface area contributed by atoms with Crippen LogP contribution in [0.15, 0.2) is 51.7 Å². The molecule has 2 N–H and O–H groups in total. The molecule has 2 fully saturated rings. The van der Waals surface area contributed by atoms with Gasteiger partial charge in [0.1, 0.15) is 16.3 Å². The van der Waals surface area contributed by atoms with Crippen molar-refractivity contribution in [1.82, 2.24) is 14.5 Å². The number of hydrogen-bond acceptors (Lipinski definition) is 6. The molecule has 0 aromatic heterocycles. The summed E-state index contributed by atoms with van der Waals surface area (Å²) in [5.41, 5.74) is -0.119. The van der Waals surface area contributed by atoms with Gasteiger partial charge in [-0.2, -0.15) is 4.31 Å². The van der Waals surface area contributed by atoms with Crippen LogP contribution in [0.5, 0.6) is 0 Å². The fourth-order valence-electron chi connectivity index (χ4n) is 5.96. The smallest absolute Gasteiger partial charge is 0.310 e. The van der Waals surface area contributed by atoms with Crippen molar-refractivity contribution < 1.29 is 42.5 Å².